The van der Waals surface area contributed by atoms with Crippen molar-refractivity contribution < 1.29 is 29.0 Å². The fourth-order valence-corrected chi connectivity index (χ4v) is 3.58. The smallest absolute Gasteiger partial charge is 0.338 e. The molecule has 1 aliphatic rings. The maximum atomic E-state index is 13.3. The Labute approximate surface area is 190 Å². The minimum Gasteiger partial charge on any atom is -0.479 e. The number of hydrogen-bond donors (Lipinski definition) is 1. The molecule has 0 aromatic heterocycles. The van der Waals surface area contributed by atoms with Crippen LogP contribution in [0.4, 0.5) is 5.69 Å². The Morgan fingerprint density at radius 2 is 1.76 bits per heavy atom. The van der Waals surface area contributed by atoms with Crippen LogP contribution in [0.15, 0.2) is 54.6 Å². The topological polar surface area (TPSA) is 93.1 Å². The van der Waals surface area contributed by atoms with Crippen LogP contribution in [0.5, 0.6) is 5.75 Å². The van der Waals surface area contributed by atoms with Gasteiger partial charge in [-0.2, -0.15) is 0 Å². The number of benzene rings is 3. The molecule has 0 fully saturated rings. The maximum Gasteiger partial charge on any atom is 0.338 e. The van der Waals surface area contributed by atoms with E-state index in [-0.39, 0.29) is 35.6 Å². The number of nitrogens with zero attached hydrogens (tertiary/aromatic N) is 1. The molecule has 1 atom stereocenters. The molecule has 7 nitrogen and oxygen atoms in total. The van der Waals surface area contributed by atoms with Crippen molar-refractivity contribution in [3.63, 3.8) is 0 Å². The first-order valence-corrected chi connectivity index (χ1v) is 10.4. The first-order valence-electron chi connectivity index (χ1n) is 10.4. The average Bonchev–Trinajstić information content (AvgIpc) is 3.09. The molecule has 166 valence electrons. The van der Waals surface area contributed by atoms with Gasteiger partial charge in [-0.05, 0) is 47.5 Å². The molecule has 2 amide bonds. The molecule has 7 heteroatoms. The van der Waals surface area contributed by atoms with Crippen LogP contribution in [-0.2, 0) is 4.74 Å². The molecule has 0 radical (unpaired) electrons. The molecular weight excluding hydrogens is 422 g/mol. The normalized spacial score (nSPS) is 13.5. The van der Waals surface area contributed by atoms with Gasteiger partial charge in [0, 0.05) is 0 Å². The minimum absolute atomic E-state index is 0.0336. The summed E-state index contributed by atoms with van der Waals surface area (Å²) in [6.45, 7) is 1.58. The monoisotopic (exact) mass is 443 g/mol. The highest BCUT2D eigenvalue weighted by Gasteiger charge is 2.39. The number of fused-ring (bicyclic) bond motifs is 2. The number of aliphatic hydroxyl groups is 1. The van der Waals surface area contributed by atoms with E-state index in [0.717, 1.165) is 15.7 Å². The Balaban J connectivity index is 1.70. The first-order chi connectivity index (χ1) is 15.9. The van der Waals surface area contributed by atoms with Crippen molar-refractivity contribution >= 4 is 34.2 Å². The van der Waals surface area contributed by atoms with Crippen molar-refractivity contribution in [1.29, 1.82) is 0 Å². The molecule has 1 aliphatic heterocycles. The molecule has 4 rings (SSSR count). The molecule has 3 aromatic rings. The fourth-order valence-electron chi connectivity index (χ4n) is 3.58. The number of aliphatic hydroxyl groups excluding tert-OH is 1. The van der Waals surface area contributed by atoms with E-state index in [2.05, 4.69) is 5.92 Å². The Bertz CT molecular complexity index is 1310. The number of esters is 1. The van der Waals surface area contributed by atoms with E-state index < -0.39 is 23.9 Å². The summed E-state index contributed by atoms with van der Waals surface area (Å²) in [5.41, 5.74) is 0.635. The van der Waals surface area contributed by atoms with Crippen molar-refractivity contribution in [3.05, 3.63) is 71.3 Å². The molecule has 0 bridgehead atoms. The van der Waals surface area contributed by atoms with E-state index >= 15 is 0 Å². The van der Waals surface area contributed by atoms with Crippen molar-refractivity contribution in [3.8, 4) is 18.1 Å². The van der Waals surface area contributed by atoms with Crippen LogP contribution in [-0.4, -0.2) is 42.2 Å². The summed E-state index contributed by atoms with van der Waals surface area (Å²) >= 11 is 0. The number of terminal acetylenes is 1. The predicted octanol–water partition coefficient (Wildman–Crippen LogP) is 3.58. The highest BCUT2D eigenvalue weighted by atomic mass is 16.5. The minimum atomic E-state index is -0.767. The summed E-state index contributed by atoms with van der Waals surface area (Å²) in [7, 11) is 0. The summed E-state index contributed by atoms with van der Waals surface area (Å²) in [5.74, 6) is 0.884. The Morgan fingerprint density at radius 3 is 2.45 bits per heavy atom. The van der Waals surface area contributed by atoms with Gasteiger partial charge in [0.2, 0.25) is 0 Å². The zero-order chi connectivity index (χ0) is 23.5. The van der Waals surface area contributed by atoms with Gasteiger partial charge in [-0.15, -0.1) is 6.42 Å². The fraction of sp³-hybridized carbons (Fsp3) is 0.192. The number of ether oxygens (including phenoxy) is 2. The molecule has 1 heterocycles. The van der Waals surface area contributed by atoms with E-state index in [1.165, 1.54) is 18.2 Å². The lowest BCUT2D eigenvalue weighted by Crippen LogP contribution is -2.29. The number of carbonyl (C=O) groups excluding carboxylic acids is 3. The number of anilines is 1. The van der Waals surface area contributed by atoms with E-state index in [1.807, 2.05) is 24.3 Å². The molecule has 0 saturated heterocycles. The van der Waals surface area contributed by atoms with Crippen molar-refractivity contribution in [2.45, 2.75) is 19.4 Å². The van der Waals surface area contributed by atoms with Gasteiger partial charge in [-0.25, -0.2) is 9.69 Å². The van der Waals surface area contributed by atoms with Crippen molar-refractivity contribution in [2.24, 2.45) is 0 Å². The highest BCUT2D eigenvalue weighted by Crippen LogP contribution is 2.38. The lowest BCUT2D eigenvalue weighted by Gasteiger charge is -2.19. The van der Waals surface area contributed by atoms with Gasteiger partial charge in [-0.3, -0.25) is 9.59 Å². The second-order valence-electron chi connectivity index (χ2n) is 7.53. The van der Waals surface area contributed by atoms with Crippen LogP contribution in [0.2, 0.25) is 0 Å². The summed E-state index contributed by atoms with van der Waals surface area (Å²) in [5, 5.41) is 11.3. The van der Waals surface area contributed by atoms with Crippen LogP contribution >= 0.6 is 0 Å². The van der Waals surface area contributed by atoms with Crippen molar-refractivity contribution in [2.75, 3.05) is 18.1 Å². The van der Waals surface area contributed by atoms with Crippen LogP contribution < -0.4 is 9.64 Å². The molecule has 0 spiro atoms. The van der Waals surface area contributed by atoms with Gasteiger partial charge >= 0.3 is 5.97 Å². The molecule has 1 N–H and O–H groups in total. The SMILES string of the molecule is C#CCOc1cc2ccccc2cc1N1C(=O)c2ccc(C(=O)OCC(O)CC)cc2C1=O. The Kier molecular flexibility index (Phi) is 6.11. The summed E-state index contributed by atoms with van der Waals surface area (Å²) in [6, 6.07) is 15.1. The predicted molar refractivity (Wildman–Crippen MR) is 122 cm³/mol. The quantitative estimate of drug-likeness (QED) is 0.341. The summed E-state index contributed by atoms with van der Waals surface area (Å²) in [4.78, 5) is 39.8. The van der Waals surface area contributed by atoms with Gasteiger partial charge in [0.1, 0.15) is 19.0 Å². The highest BCUT2D eigenvalue weighted by molar-refractivity contribution is 6.35. The molecule has 33 heavy (non-hydrogen) atoms. The average molecular weight is 443 g/mol. The lowest BCUT2D eigenvalue weighted by atomic mass is 10.1. The van der Waals surface area contributed by atoms with Crippen LogP contribution in [0.3, 0.4) is 0 Å². The molecular formula is C26H21NO6. The van der Waals surface area contributed by atoms with Crippen LogP contribution in [0, 0.1) is 12.3 Å². The third kappa shape index (κ3) is 4.16. The Hall–Kier alpha value is -4.15. The van der Waals surface area contributed by atoms with Gasteiger partial charge in [-0.1, -0.05) is 37.1 Å². The third-order valence-electron chi connectivity index (χ3n) is 5.38. The third-order valence-corrected chi connectivity index (χ3v) is 5.38. The van der Waals surface area contributed by atoms with E-state index in [0.29, 0.717) is 12.2 Å². The maximum absolute atomic E-state index is 13.3. The number of carbonyl (C=O) groups is 3. The molecule has 1 unspecified atom stereocenters. The summed E-state index contributed by atoms with van der Waals surface area (Å²) in [6.07, 6.45) is 5.00. The number of rotatable bonds is 7. The Morgan fingerprint density at radius 1 is 1.06 bits per heavy atom. The van der Waals surface area contributed by atoms with Gasteiger partial charge in [0.05, 0.1) is 28.5 Å². The molecule has 0 saturated carbocycles. The van der Waals surface area contributed by atoms with E-state index in [1.54, 1.807) is 19.1 Å². The standard InChI is InChI=1S/C26H21NO6/c1-3-11-32-23-14-17-8-6-5-7-16(17)13-22(23)27-24(29)20-10-9-18(12-21(20)25(27)30)26(31)33-15-19(28)4-2/h1,5-10,12-14,19,28H,4,11,15H2,2H3. The second-order valence-corrected chi connectivity index (χ2v) is 7.53. The number of hydrogen-bond acceptors (Lipinski definition) is 6. The molecule has 0 aliphatic carbocycles. The van der Waals surface area contributed by atoms with Crippen LogP contribution in [0.25, 0.3) is 10.8 Å². The summed E-state index contributed by atoms with van der Waals surface area (Å²) < 4.78 is 10.7. The first kappa shape index (κ1) is 22.1. The lowest BCUT2D eigenvalue weighted by molar-refractivity contribution is 0.0250. The van der Waals surface area contributed by atoms with Gasteiger partial charge in [0.25, 0.3) is 11.8 Å². The van der Waals surface area contributed by atoms with Crippen LogP contribution in [0.1, 0.15) is 44.4 Å². The van der Waals surface area contributed by atoms with Crippen molar-refractivity contribution in [1.82, 2.24) is 0 Å². The molecule has 3 aromatic carbocycles. The zero-order valence-electron chi connectivity index (χ0n) is 17.9. The second kappa shape index (κ2) is 9.15. The number of amides is 2. The van der Waals surface area contributed by atoms with Gasteiger partial charge in [0.15, 0.2) is 0 Å². The van der Waals surface area contributed by atoms with Gasteiger partial charge < -0.3 is 14.6 Å². The zero-order valence-corrected chi connectivity index (χ0v) is 17.9. The van der Waals surface area contributed by atoms with E-state index in [4.69, 9.17) is 15.9 Å². The van der Waals surface area contributed by atoms with E-state index in [9.17, 15) is 19.5 Å². The largest absolute Gasteiger partial charge is 0.479 e. The number of imide groups is 1.